The molecule has 0 saturated carbocycles. The fourth-order valence-corrected chi connectivity index (χ4v) is 6.10. The molecular formula is C38H34O6. The van der Waals surface area contributed by atoms with Gasteiger partial charge in [-0.3, -0.25) is 0 Å². The van der Waals surface area contributed by atoms with Crippen LogP contribution in [-0.4, -0.2) is 50.7 Å². The van der Waals surface area contributed by atoms with Crippen LogP contribution in [0.5, 0.6) is 11.5 Å². The lowest BCUT2D eigenvalue weighted by Gasteiger charge is -2.34. The first-order valence-corrected chi connectivity index (χ1v) is 14.7. The van der Waals surface area contributed by atoms with Crippen molar-refractivity contribution in [3.63, 3.8) is 0 Å². The van der Waals surface area contributed by atoms with Gasteiger partial charge in [0.2, 0.25) is 0 Å². The highest BCUT2D eigenvalue weighted by molar-refractivity contribution is 5.95. The highest BCUT2D eigenvalue weighted by Gasteiger charge is 2.46. The molecule has 0 amide bonds. The number of esters is 1. The molecule has 6 heteroatoms. The molecule has 0 aromatic heterocycles. The molecule has 0 radical (unpaired) electrons. The number of carbonyl (C=O) groups is 1. The Kier molecular flexibility index (Phi) is 8.73. The van der Waals surface area contributed by atoms with Gasteiger partial charge in [-0.15, -0.1) is 0 Å². The fourth-order valence-electron chi connectivity index (χ4n) is 6.10. The minimum absolute atomic E-state index is 0.00667. The second-order valence-corrected chi connectivity index (χ2v) is 10.5. The maximum absolute atomic E-state index is 11.4. The molecule has 1 atom stereocenters. The quantitative estimate of drug-likeness (QED) is 0.0923. The van der Waals surface area contributed by atoms with Gasteiger partial charge in [0.15, 0.2) is 0 Å². The Hall–Kier alpha value is -4.91. The van der Waals surface area contributed by atoms with Crippen LogP contribution >= 0.6 is 0 Å². The molecule has 1 aliphatic rings. The van der Waals surface area contributed by atoms with E-state index in [1.807, 2.05) is 24.3 Å². The molecule has 1 N–H and O–H groups in total. The lowest BCUT2D eigenvalue weighted by molar-refractivity contribution is -0.138. The van der Waals surface area contributed by atoms with Gasteiger partial charge in [-0.1, -0.05) is 79.4 Å². The zero-order chi connectivity index (χ0) is 30.4. The third-order valence-electron chi connectivity index (χ3n) is 7.98. The topological polar surface area (TPSA) is 74.2 Å². The summed E-state index contributed by atoms with van der Waals surface area (Å²) in [7, 11) is 0. The van der Waals surface area contributed by atoms with E-state index in [1.54, 1.807) is 0 Å². The summed E-state index contributed by atoms with van der Waals surface area (Å²) in [6, 6.07) is 38.2. The Morgan fingerprint density at radius 2 is 1.25 bits per heavy atom. The first-order valence-electron chi connectivity index (χ1n) is 14.7. The average molecular weight is 587 g/mol. The number of hydrogen-bond donors (Lipinski definition) is 1. The van der Waals surface area contributed by atoms with Crippen LogP contribution in [0.3, 0.4) is 0 Å². The Labute approximate surface area is 257 Å². The molecule has 222 valence electrons. The number of fused-ring (bicyclic) bond motifs is 4. The van der Waals surface area contributed by atoms with Crippen molar-refractivity contribution in [2.24, 2.45) is 0 Å². The summed E-state index contributed by atoms with van der Waals surface area (Å²) >= 11 is 0. The Bertz CT molecular complexity index is 1760. The molecule has 0 bridgehead atoms. The number of carbonyl (C=O) groups excluding carboxylic acids is 1. The molecule has 0 fully saturated rings. The van der Waals surface area contributed by atoms with Crippen molar-refractivity contribution in [2.75, 3.05) is 39.6 Å². The van der Waals surface area contributed by atoms with Gasteiger partial charge in [0.1, 0.15) is 31.3 Å². The van der Waals surface area contributed by atoms with Crippen LogP contribution in [0.25, 0.3) is 21.9 Å². The minimum atomic E-state index is -0.587. The lowest BCUT2D eigenvalue weighted by Crippen LogP contribution is -2.28. The highest BCUT2D eigenvalue weighted by atomic mass is 16.6. The number of aliphatic hydroxyl groups excluding tert-OH is 1. The molecule has 5 aromatic carbocycles. The fraction of sp³-hybridized carbons (Fsp3) is 0.184. The Morgan fingerprint density at radius 3 is 1.89 bits per heavy atom. The summed E-state index contributed by atoms with van der Waals surface area (Å²) in [4.78, 5) is 11.4. The van der Waals surface area contributed by atoms with Gasteiger partial charge in [0.05, 0.1) is 25.2 Å². The van der Waals surface area contributed by atoms with Crippen molar-refractivity contribution in [3.8, 4) is 22.6 Å². The summed E-state index contributed by atoms with van der Waals surface area (Å²) in [5, 5.41) is 11.3. The standard InChI is InChI=1S/C38H34O6/c1-2-37(40)44-24-23-43-32-17-13-30(14-18-32)38(29-11-15-31(16-12-29)42-22-21-41-20-19-39)35-10-6-5-9-33(35)34-25-27-7-3-4-8-28(27)26-36(34)38/h2-18,25-26,39H,1,19-24H2. The smallest absolute Gasteiger partial charge is 0.330 e. The van der Waals surface area contributed by atoms with Gasteiger partial charge in [-0.25, -0.2) is 4.79 Å². The van der Waals surface area contributed by atoms with Crippen LogP contribution in [0.1, 0.15) is 22.3 Å². The first kappa shape index (κ1) is 29.2. The van der Waals surface area contributed by atoms with Gasteiger partial charge in [0.25, 0.3) is 0 Å². The Morgan fingerprint density at radius 1 is 0.659 bits per heavy atom. The Balaban J connectivity index is 1.42. The minimum Gasteiger partial charge on any atom is -0.491 e. The molecule has 44 heavy (non-hydrogen) atoms. The van der Waals surface area contributed by atoms with Crippen LogP contribution in [0.4, 0.5) is 0 Å². The SMILES string of the molecule is C=CC(=O)OCCOc1ccc(C2(c3ccc(OCCOCCO)cc3)c3ccccc3-c3cc4ccccc4cc32)cc1. The molecular weight excluding hydrogens is 552 g/mol. The molecule has 0 spiro atoms. The second-order valence-electron chi connectivity index (χ2n) is 10.5. The zero-order valence-corrected chi connectivity index (χ0v) is 24.4. The zero-order valence-electron chi connectivity index (χ0n) is 24.4. The van der Waals surface area contributed by atoms with E-state index in [0.717, 1.165) is 23.0 Å². The highest BCUT2D eigenvalue weighted by Crippen LogP contribution is 2.57. The summed E-state index contributed by atoms with van der Waals surface area (Å²) in [5.74, 6) is 0.974. The van der Waals surface area contributed by atoms with E-state index >= 15 is 0 Å². The van der Waals surface area contributed by atoms with E-state index < -0.39 is 11.4 Å². The maximum atomic E-state index is 11.4. The number of benzene rings is 5. The molecule has 1 aliphatic carbocycles. The van der Waals surface area contributed by atoms with E-state index in [0.29, 0.717) is 25.6 Å². The molecule has 5 aromatic rings. The summed E-state index contributed by atoms with van der Waals surface area (Å²) in [6.45, 7) is 4.90. The maximum Gasteiger partial charge on any atom is 0.330 e. The molecule has 0 saturated heterocycles. The van der Waals surface area contributed by atoms with Gasteiger partial charge < -0.3 is 24.1 Å². The first-order chi connectivity index (χ1) is 21.6. The number of ether oxygens (including phenoxy) is 4. The third kappa shape index (κ3) is 5.57. The monoisotopic (exact) mass is 586 g/mol. The van der Waals surface area contributed by atoms with Crippen molar-refractivity contribution in [1.29, 1.82) is 0 Å². The summed E-state index contributed by atoms with van der Waals surface area (Å²) < 4.78 is 22.2. The van der Waals surface area contributed by atoms with Gasteiger partial charge >= 0.3 is 5.97 Å². The lowest BCUT2D eigenvalue weighted by atomic mass is 9.67. The van der Waals surface area contributed by atoms with Gasteiger partial charge in [0, 0.05) is 6.08 Å². The van der Waals surface area contributed by atoms with E-state index in [2.05, 4.69) is 91.5 Å². The van der Waals surface area contributed by atoms with Crippen molar-refractivity contribution in [2.45, 2.75) is 5.41 Å². The number of hydrogen-bond acceptors (Lipinski definition) is 6. The van der Waals surface area contributed by atoms with Crippen molar-refractivity contribution in [1.82, 2.24) is 0 Å². The van der Waals surface area contributed by atoms with Gasteiger partial charge in [-0.05, 0) is 80.6 Å². The number of aliphatic hydroxyl groups is 1. The van der Waals surface area contributed by atoms with E-state index in [1.165, 1.54) is 33.0 Å². The van der Waals surface area contributed by atoms with E-state index in [-0.39, 0.29) is 19.8 Å². The van der Waals surface area contributed by atoms with Crippen LogP contribution in [0.15, 0.2) is 122 Å². The summed E-state index contributed by atoms with van der Waals surface area (Å²) in [5.41, 5.74) is 6.48. The van der Waals surface area contributed by atoms with Gasteiger partial charge in [-0.2, -0.15) is 0 Å². The number of rotatable bonds is 13. The molecule has 6 rings (SSSR count). The van der Waals surface area contributed by atoms with Crippen LogP contribution in [0, 0.1) is 0 Å². The van der Waals surface area contributed by atoms with E-state index in [9.17, 15) is 4.79 Å². The molecule has 0 aliphatic heterocycles. The average Bonchev–Trinajstić information content (AvgIpc) is 3.36. The van der Waals surface area contributed by atoms with Crippen molar-refractivity contribution < 1.29 is 28.8 Å². The van der Waals surface area contributed by atoms with Crippen LogP contribution in [-0.2, 0) is 19.7 Å². The largest absolute Gasteiger partial charge is 0.491 e. The van der Waals surface area contributed by atoms with Crippen LogP contribution in [0.2, 0.25) is 0 Å². The second kappa shape index (κ2) is 13.2. The van der Waals surface area contributed by atoms with Crippen molar-refractivity contribution in [3.05, 3.63) is 144 Å². The van der Waals surface area contributed by atoms with Crippen molar-refractivity contribution >= 4 is 16.7 Å². The summed E-state index contributed by atoms with van der Waals surface area (Å²) in [6.07, 6.45) is 1.14. The predicted octanol–water partition coefficient (Wildman–Crippen LogP) is 6.70. The molecule has 1 unspecified atom stereocenters. The van der Waals surface area contributed by atoms with E-state index in [4.69, 9.17) is 24.1 Å². The molecule has 6 nitrogen and oxygen atoms in total. The van der Waals surface area contributed by atoms with Crippen LogP contribution < -0.4 is 9.47 Å². The normalized spacial score (nSPS) is 14.9. The molecule has 0 heterocycles. The third-order valence-corrected chi connectivity index (χ3v) is 7.98. The predicted molar refractivity (Wildman–Crippen MR) is 171 cm³/mol.